The molecule has 2 fully saturated rings. The van der Waals surface area contributed by atoms with Crippen molar-refractivity contribution >= 4 is 5.97 Å². The monoisotopic (exact) mass is 184 g/mol. The molecule has 2 unspecified atom stereocenters. The van der Waals surface area contributed by atoms with Crippen LogP contribution in [0.2, 0.25) is 0 Å². The van der Waals surface area contributed by atoms with Crippen LogP contribution in [0.5, 0.6) is 0 Å². The molecule has 2 N–H and O–H groups in total. The maximum atomic E-state index is 11.0. The van der Waals surface area contributed by atoms with Gasteiger partial charge in [0, 0.05) is 12.0 Å². The highest BCUT2D eigenvalue weighted by molar-refractivity contribution is 5.75. The number of hydrogen-bond acceptors (Lipinski definition) is 3. The van der Waals surface area contributed by atoms with Crippen LogP contribution in [0.15, 0.2) is 0 Å². The molecule has 2 aliphatic heterocycles. The molecule has 13 heavy (non-hydrogen) atoms. The van der Waals surface area contributed by atoms with Gasteiger partial charge in [0.1, 0.15) is 6.04 Å². The van der Waals surface area contributed by atoms with E-state index in [9.17, 15) is 4.79 Å². The van der Waals surface area contributed by atoms with Gasteiger partial charge < -0.3 is 15.3 Å². The first-order chi connectivity index (χ1) is 6.14. The molecule has 0 saturated carbocycles. The maximum absolute atomic E-state index is 11.0. The number of carbonyl (C=O) groups is 1. The van der Waals surface area contributed by atoms with E-state index in [1.165, 1.54) is 0 Å². The summed E-state index contributed by atoms with van der Waals surface area (Å²) in [5.41, 5.74) is 0.0145. The Balaban J connectivity index is 2.16. The Kier molecular flexibility index (Phi) is 2.04. The minimum atomic E-state index is -0.687. The summed E-state index contributed by atoms with van der Waals surface area (Å²) in [6.45, 7) is 2.81. The fourth-order valence-corrected chi connectivity index (χ4v) is 2.72. The SMILES string of the molecule is CN1CCC2(CCNC2C(=O)O)C1. The van der Waals surface area contributed by atoms with Crippen molar-refractivity contribution in [2.24, 2.45) is 5.41 Å². The lowest BCUT2D eigenvalue weighted by atomic mass is 9.80. The summed E-state index contributed by atoms with van der Waals surface area (Å²) in [5.74, 6) is -0.687. The Labute approximate surface area is 77.9 Å². The van der Waals surface area contributed by atoms with E-state index < -0.39 is 5.97 Å². The normalized spacial score (nSPS) is 40.2. The van der Waals surface area contributed by atoms with E-state index in [4.69, 9.17) is 5.11 Å². The van der Waals surface area contributed by atoms with Gasteiger partial charge in [-0.2, -0.15) is 0 Å². The number of hydrogen-bond donors (Lipinski definition) is 2. The van der Waals surface area contributed by atoms with Gasteiger partial charge in [0.15, 0.2) is 0 Å². The molecule has 2 atom stereocenters. The third kappa shape index (κ3) is 1.34. The predicted molar refractivity (Wildman–Crippen MR) is 48.6 cm³/mol. The number of rotatable bonds is 1. The van der Waals surface area contributed by atoms with Crippen molar-refractivity contribution in [1.29, 1.82) is 0 Å². The molecular formula is C9H16N2O2. The fourth-order valence-electron chi connectivity index (χ4n) is 2.72. The van der Waals surface area contributed by atoms with Crippen molar-refractivity contribution in [2.75, 3.05) is 26.7 Å². The third-order valence-corrected chi connectivity index (χ3v) is 3.41. The standard InChI is InChI=1S/C9H16N2O2/c1-11-5-3-9(6-11)2-4-10-7(9)8(12)13/h7,10H,2-6H2,1H3,(H,12,13). The minimum Gasteiger partial charge on any atom is -0.480 e. The largest absolute Gasteiger partial charge is 0.480 e. The molecule has 0 aliphatic carbocycles. The molecule has 2 aliphatic rings. The zero-order valence-corrected chi connectivity index (χ0v) is 7.92. The lowest BCUT2D eigenvalue weighted by molar-refractivity contribution is -0.141. The molecule has 2 rings (SSSR count). The number of aliphatic carboxylic acids is 1. The molecule has 1 spiro atoms. The van der Waals surface area contributed by atoms with Gasteiger partial charge in [-0.05, 0) is 33.0 Å². The minimum absolute atomic E-state index is 0.0145. The lowest BCUT2D eigenvalue weighted by Gasteiger charge is -2.27. The Hall–Kier alpha value is -0.610. The zero-order chi connectivity index (χ0) is 9.47. The van der Waals surface area contributed by atoms with Gasteiger partial charge in [-0.25, -0.2) is 0 Å². The number of nitrogens with zero attached hydrogens (tertiary/aromatic N) is 1. The van der Waals surface area contributed by atoms with Crippen LogP contribution in [0.3, 0.4) is 0 Å². The smallest absolute Gasteiger partial charge is 0.321 e. The van der Waals surface area contributed by atoms with Gasteiger partial charge >= 0.3 is 5.97 Å². The topological polar surface area (TPSA) is 52.6 Å². The Morgan fingerprint density at radius 2 is 2.38 bits per heavy atom. The van der Waals surface area contributed by atoms with Crippen LogP contribution in [0.1, 0.15) is 12.8 Å². The molecular weight excluding hydrogens is 168 g/mol. The first kappa shape index (κ1) is 8.97. The number of carboxylic acids is 1. The van der Waals surface area contributed by atoms with Crippen molar-refractivity contribution in [3.05, 3.63) is 0 Å². The first-order valence-corrected chi connectivity index (χ1v) is 4.79. The van der Waals surface area contributed by atoms with Gasteiger partial charge in [0.2, 0.25) is 0 Å². The summed E-state index contributed by atoms with van der Waals surface area (Å²) >= 11 is 0. The lowest BCUT2D eigenvalue weighted by Crippen LogP contribution is -2.44. The molecule has 4 nitrogen and oxygen atoms in total. The second-order valence-corrected chi connectivity index (χ2v) is 4.33. The van der Waals surface area contributed by atoms with Gasteiger partial charge in [0.25, 0.3) is 0 Å². The molecule has 0 bridgehead atoms. The number of carboxylic acid groups (broad SMARTS) is 1. The summed E-state index contributed by atoms with van der Waals surface area (Å²) in [5, 5.41) is 12.1. The van der Waals surface area contributed by atoms with Crippen LogP contribution in [-0.2, 0) is 4.79 Å². The van der Waals surface area contributed by atoms with Crippen LogP contribution >= 0.6 is 0 Å². The van der Waals surface area contributed by atoms with E-state index in [1.54, 1.807) is 0 Å². The zero-order valence-electron chi connectivity index (χ0n) is 7.92. The average molecular weight is 184 g/mol. The molecule has 74 valence electrons. The van der Waals surface area contributed by atoms with E-state index in [0.29, 0.717) is 0 Å². The molecule has 0 radical (unpaired) electrons. The Bertz CT molecular complexity index is 232. The van der Waals surface area contributed by atoms with E-state index in [1.807, 2.05) is 0 Å². The van der Waals surface area contributed by atoms with Crippen LogP contribution < -0.4 is 5.32 Å². The third-order valence-electron chi connectivity index (χ3n) is 3.41. The van der Waals surface area contributed by atoms with Crippen molar-refractivity contribution < 1.29 is 9.90 Å². The first-order valence-electron chi connectivity index (χ1n) is 4.79. The van der Waals surface area contributed by atoms with Crippen LogP contribution in [0, 0.1) is 5.41 Å². The van der Waals surface area contributed by atoms with Crippen molar-refractivity contribution in [2.45, 2.75) is 18.9 Å². The number of nitrogens with one attached hydrogen (secondary N) is 1. The number of likely N-dealkylation sites (tertiary alicyclic amines) is 1. The molecule has 2 saturated heterocycles. The summed E-state index contributed by atoms with van der Waals surface area (Å²) in [7, 11) is 2.06. The maximum Gasteiger partial charge on any atom is 0.321 e. The second kappa shape index (κ2) is 2.96. The van der Waals surface area contributed by atoms with Gasteiger partial charge in [-0.1, -0.05) is 0 Å². The Morgan fingerprint density at radius 3 is 2.92 bits per heavy atom. The van der Waals surface area contributed by atoms with Gasteiger partial charge in [0.05, 0.1) is 0 Å². The summed E-state index contributed by atoms with van der Waals surface area (Å²) in [4.78, 5) is 13.2. The Morgan fingerprint density at radius 1 is 1.62 bits per heavy atom. The molecule has 2 heterocycles. The summed E-state index contributed by atoms with van der Waals surface area (Å²) in [6, 6.07) is -0.322. The highest BCUT2D eigenvalue weighted by Gasteiger charge is 2.49. The predicted octanol–water partition coefficient (Wildman–Crippen LogP) is -0.245. The fraction of sp³-hybridized carbons (Fsp3) is 0.889. The quantitative estimate of drug-likeness (QED) is 0.590. The van der Waals surface area contributed by atoms with Crippen LogP contribution in [0.25, 0.3) is 0 Å². The van der Waals surface area contributed by atoms with E-state index in [2.05, 4.69) is 17.3 Å². The second-order valence-electron chi connectivity index (χ2n) is 4.33. The summed E-state index contributed by atoms with van der Waals surface area (Å²) < 4.78 is 0. The van der Waals surface area contributed by atoms with Gasteiger partial charge in [-0.3, -0.25) is 4.79 Å². The van der Waals surface area contributed by atoms with Crippen molar-refractivity contribution in [3.8, 4) is 0 Å². The molecule has 4 heteroatoms. The molecule has 0 amide bonds. The van der Waals surface area contributed by atoms with Crippen LogP contribution in [-0.4, -0.2) is 48.7 Å². The summed E-state index contributed by atoms with van der Waals surface area (Å²) in [6.07, 6.45) is 2.03. The highest BCUT2D eigenvalue weighted by atomic mass is 16.4. The van der Waals surface area contributed by atoms with E-state index >= 15 is 0 Å². The molecule has 0 aromatic heterocycles. The van der Waals surface area contributed by atoms with Gasteiger partial charge in [-0.15, -0.1) is 0 Å². The van der Waals surface area contributed by atoms with Crippen molar-refractivity contribution in [1.82, 2.24) is 10.2 Å². The molecule has 0 aromatic rings. The van der Waals surface area contributed by atoms with Crippen molar-refractivity contribution in [3.63, 3.8) is 0 Å². The van der Waals surface area contributed by atoms with E-state index in [0.717, 1.165) is 32.5 Å². The average Bonchev–Trinajstić information content (AvgIpc) is 2.60. The van der Waals surface area contributed by atoms with Crippen LogP contribution in [0.4, 0.5) is 0 Å². The van der Waals surface area contributed by atoms with E-state index in [-0.39, 0.29) is 11.5 Å². The molecule has 0 aromatic carbocycles. The highest BCUT2D eigenvalue weighted by Crippen LogP contribution is 2.39.